The minimum atomic E-state index is -0.596. The van der Waals surface area contributed by atoms with Crippen LogP contribution in [0, 0.1) is 10.1 Å². The molecule has 0 saturated heterocycles. The molecule has 0 fully saturated rings. The summed E-state index contributed by atoms with van der Waals surface area (Å²) in [5.41, 5.74) is -0.148. The fourth-order valence-electron chi connectivity index (χ4n) is 0.804. The van der Waals surface area contributed by atoms with E-state index in [1.54, 1.807) is 0 Å². The van der Waals surface area contributed by atoms with E-state index in [4.69, 9.17) is 0 Å². The first kappa shape index (κ1) is 10.3. The molecule has 0 atom stereocenters. The van der Waals surface area contributed by atoms with Crippen molar-refractivity contribution in [1.82, 2.24) is 0 Å². The zero-order valence-corrected chi connectivity index (χ0v) is 9.33. The molecule has 1 aromatic carbocycles. The molecule has 0 amide bonds. The van der Waals surface area contributed by atoms with Crippen LogP contribution in [0.15, 0.2) is 21.1 Å². The highest BCUT2D eigenvalue weighted by Gasteiger charge is 2.15. The van der Waals surface area contributed by atoms with Gasteiger partial charge in [-0.2, -0.15) is 0 Å². The largest absolute Gasteiger partial charge is 0.298 e. The zero-order valence-electron chi connectivity index (χ0n) is 6.16. The minimum Gasteiger partial charge on any atom is -0.298 e. The lowest BCUT2D eigenvalue weighted by atomic mass is 10.2. The highest BCUT2D eigenvalue weighted by atomic mass is 79.9. The molecule has 6 heteroatoms. The average molecular weight is 309 g/mol. The molecule has 1 aromatic rings. The highest BCUT2D eigenvalue weighted by molar-refractivity contribution is 9.13. The second-order valence-electron chi connectivity index (χ2n) is 2.20. The van der Waals surface area contributed by atoms with E-state index in [1.165, 1.54) is 12.1 Å². The van der Waals surface area contributed by atoms with Crippen LogP contribution >= 0.6 is 31.9 Å². The summed E-state index contributed by atoms with van der Waals surface area (Å²) < 4.78 is 1.16. The fourth-order valence-corrected chi connectivity index (χ4v) is 1.50. The molecule has 0 heterocycles. The van der Waals surface area contributed by atoms with Gasteiger partial charge in [-0.05, 0) is 37.9 Å². The number of nitrogens with zero attached hydrogens (tertiary/aromatic N) is 1. The number of halogens is 2. The summed E-state index contributed by atoms with van der Waals surface area (Å²) in [6.07, 6.45) is 0.454. The molecule has 13 heavy (non-hydrogen) atoms. The van der Waals surface area contributed by atoms with E-state index >= 15 is 0 Å². The lowest BCUT2D eigenvalue weighted by Crippen LogP contribution is -1.94. The Labute approximate surface area is 90.3 Å². The average Bonchev–Trinajstić information content (AvgIpc) is 2.08. The second-order valence-corrected chi connectivity index (χ2v) is 3.91. The molecule has 0 aromatic heterocycles. The number of carbonyl (C=O) groups is 1. The van der Waals surface area contributed by atoms with Crippen molar-refractivity contribution in [3.05, 3.63) is 36.8 Å². The number of benzene rings is 1. The van der Waals surface area contributed by atoms with Gasteiger partial charge in [0.15, 0.2) is 6.29 Å². The van der Waals surface area contributed by atoms with Crippen molar-refractivity contribution in [1.29, 1.82) is 0 Å². The summed E-state index contributed by atoms with van der Waals surface area (Å²) in [6, 6.07) is 2.68. The summed E-state index contributed by atoms with van der Waals surface area (Å²) in [7, 11) is 0. The van der Waals surface area contributed by atoms with Crippen LogP contribution in [0.4, 0.5) is 5.69 Å². The number of aldehydes is 1. The molecular weight excluding hydrogens is 306 g/mol. The fraction of sp³-hybridized carbons (Fsp3) is 0. The first-order valence-electron chi connectivity index (χ1n) is 3.15. The van der Waals surface area contributed by atoms with Crippen LogP contribution < -0.4 is 0 Å². The van der Waals surface area contributed by atoms with Gasteiger partial charge in [-0.3, -0.25) is 14.9 Å². The van der Waals surface area contributed by atoms with Crippen molar-refractivity contribution in [2.75, 3.05) is 0 Å². The van der Waals surface area contributed by atoms with Crippen LogP contribution in [0.25, 0.3) is 0 Å². The number of nitro benzene ring substituents is 1. The van der Waals surface area contributed by atoms with Crippen LogP contribution in [-0.4, -0.2) is 11.2 Å². The quantitative estimate of drug-likeness (QED) is 0.479. The lowest BCUT2D eigenvalue weighted by Gasteiger charge is -1.98. The molecule has 0 aliphatic rings. The molecule has 0 aliphatic carbocycles. The Kier molecular flexibility index (Phi) is 3.16. The Bertz CT molecular complexity index is 378. The van der Waals surface area contributed by atoms with Crippen molar-refractivity contribution < 1.29 is 9.72 Å². The van der Waals surface area contributed by atoms with Gasteiger partial charge in [-0.25, -0.2) is 0 Å². The van der Waals surface area contributed by atoms with Crippen molar-refractivity contribution in [3.63, 3.8) is 0 Å². The zero-order chi connectivity index (χ0) is 10.0. The van der Waals surface area contributed by atoms with Crippen LogP contribution in [0.5, 0.6) is 0 Å². The van der Waals surface area contributed by atoms with E-state index < -0.39 is 4.92 Å². The highest BCUT2D eigenvalue weighted by Crippen LogP contribution is 2.29. The molecule has 0 aliphatic heterocycles. The summed E-state index contributed by atoms with van der Waals surface area (Å²) in [5, 5.41) is 10.5. The van der Waals surface area contributed by atoms with Gasteiger partial charge in [-0.15, -0.1) is 0 Å². The molecule has 0 bridgehead atoms. The van der Waals surface area contributed by atoms with Gasteiger partial charge in [-0.1, -0.05) is 0 Å². The van der Waals surface area contributed by atoms with Gasteiger partial charge in [0.2, 0.25) is 0 Å². The van der Waals surface area contributed by atoms with Crippen LogP contribution in [0.2, 0.25) is 0 Å². The molecule has 0 radical (unpaired) electrons. The Morgan fingerprint density at radius 1 is 1.31 bits per heavy atom. The first-order valence-corrected chi connectivity index (χ1v) is 4.73. The van der Waals surface area contributed by atoms with E-state index in [0.29, 0.717) is 15.2 Å². The first-order chi connectivity index (χ1) is 6.06. The van der Waals surface area contributed by atoms with Crippen LogP contribution in [-0.2, 0) is 0 Å². The van der Waals surface area contributed by atoms with Crippen molar-refractivity contribution >= 4 is 43.8 Å². The van der Waals surface area contributed by atoms with Crippen molar-refractivity contribution in [3.8, 4) is 0 Å². The van der Waals surface area contributed by atoms with Gasteiger partial charge < -0.3 is 0 Å². The Hall–Kier alpha value is -0.750. The Morgan fingerprint density at radius 3 is 2.31 bits per heavy atom. The topological polar surface area (TPSA) is 60.2 Å². The Morgan fingerprint density at radius 2 is 1.85 bits per heavy atom. The molecule has 0 unspecified atom stereocenters. The van der Waals surface area contributed by atoms with Gasteiger partial charge in [0.1, 0.15) is 0 Å². The third-order valence-electron chi connectivity index (χ3n) is 1.39. The van der Waals surface area contributed by atoms with E-state index in [2.05, 4.69) is 31.9 Å². The third kappa shape index (κ3) is 2.13. The third-order valence-corrected chi connectivity index (χ3v) is 3.24. The molecule has 0 spiro atoms. The van der Waals surface area contributed by atoms with Gasteiger partial charge in [0.25, 0.3) is 5.69 Å². The SMILES string of the molecule is O=Cc1cc(Br)c(Br)cc1[N+](=O)[O-]. The normalized spacial score (nSPS) is 9.69. The number of nitro groups is 1. The predicted octanol–water partition coefficient (Wildman–Crippen LogP) is 2.93. The molecule has 0 saturated carbocycles. The maximum atomic E-state index is 10.5. The van der Waals surface area contributed by atoms with Crippen molar-refractivity contribution in [2.45, 2.75) is 0 Å². The summed E-state index contributed by atoms with van der Waals surface area (Å²) in [4.78, 5) is 20.3. The smallest absolute Gasteiger partial charge is 0.281 e. The number of hydrogen-bond donors (Lipinski definition) is 0. The monoisotopic (exact) mass is 307 g/mol. The summed E-state index contributed by atoms with van der Waals surface area (Å²) >= 11 is 6.25. The van der Waals surface area contributed by atoms with E-state index in [9.17, 15) is 14.9 Å². The maximum Gasteiger partial charge on any atom is 0.281 e. The molecule has 4 nitrogen and oxygen atoms in total. The second kappa shape index (κ2) is 3.97. The predicted molar refractivity (Wildman–Crippen MR) is 53.9 cm³/mol. The summed E-state index contributed by atoms with van der Waals surface area (Å²) in [5.74, 6) is 0. The minimum absolute atomic E-state index is 0.0556. The number of rotatable bonds is 2. The lowest BCUT2D eigenvalue weighted by molar-refractivity contribution is -0.385. The van der Waals surface area contributed by atoms with E-state index in [1.807, 2.05) is 0 Å². The van der Waals surface area contributed by atoms with Crippen LogP contribution in [0.1, 0.15) is 10.4 Å². The standard InChI is InChI=1S/C7H3Br2NO3/c8-5-1-4(3-11)7(10(12)13)2-6(5)9/h1-3H. The maximum absolute atomic E-state index is 10.5. The van der Waals surface area contributed by atoms with Gasteiger partial charge in [0, 0.05) is 15.0 Å². The van der Waals surface area contributed by atoms with Gasteiger partial charge in [0.05, 0.1) is 10.5 Å². The van der Waals surface area contributed by atoms with Crippen molar-refractivity contribution in [2.24, 2.45) is 0 Å². The van der Waals surface area contributed by atoms with Gasteiger partial charge >= 0.3 is 0 Å². The number of hydrogen-bond acceptors (Lipinski definition) is 3. The molecular formula is C7H3Br2NO3. The Balaban J connectivity index is 3.41. The van der Waals surface area contributed by atoms with E-state index in [-0.39, 0.29) is 11.3 Å². The number of carbonyl (C=O) groups excluding carboxylic acids is 1. The molecule has 0 N–H and O–H groups in total. The molecule has 68 valence electrons. The molecule has 1 rings (SSSR count). The van der Waals surface area contributed by atoms with E-state index in [0.717, 1.165) is 0 Å². The summed E-state index contributed by atoms with van der Waals surface area (Å²) in [6.45, 7) is 0. The van der Waals surface area contributed by atoms with Crippen LogP contribution in [0.3, 0.4) is 0 Å².